The molecule has 1 aromatic carbocycles. The minimum Gasteiger partial charge on any atom is -0.492 e. The van der Waals surface area contributed by atoms with Crippen LogP contribution in [0.2, 0.25) is 0 Å². The molecule has 1 saturated heterocycles. The van der Waals surface area contributed by atoms with Gasteiger partial charge in [-0.1, -0.05) is 22.4 Å². The minimum absolute atomic E-state index is 0.0971. The van der Waals surface area contributed by atoms with Gasteiger partial charge in [0.1, 0.15) is 12.4 Å². The third kappa shape index (κ3) is 4.62. The van der Waals surface area contributed by atoms with E-state index in [2.05, 4.69) is 20.8 Å². The molecule has 0 unspecified atom stereocenters. The van der Waals surface area contributed by atoms with E-state index in [9.17, 15) is 4.79 Å². The quantitative estimate of drug-likeness (QED) is 0.594. The van der Waals surface area contributed by atoms with Gasteiger partial charge >= 0.3 is 0 Å². The molecule has 1 heterocycles. The number of carbonyl (C=O) groups is 1. The number of hydrogen-bond donors (Lipinski definition) is 0. The maximum absolute atomic E-state index is 11.5. The molecule has 0 aliphatic carbocycles. The minimum atomic E-state index is 0.0971. The van der Waals surface area contributed by atoms with Crippen molar-refractivity contribution >= 4 is 21.7 Å². The largest absolute Gasteiger partial charge is 0.492 e. The summed E-state index contributed by atoms with van der Waals surface area (Å²) in [6.45, 7) is 4.10. The van der Waals surface area contributed by atoms with Gasteiger partial charge in [-0.25, -0.2) is 0 Å². The monoisotopic (exact) mass is 325 g/mol. The molecule has 19 heavy (non-hydrogen) atoms. The van der Waals surface area contributed by atoms with Crippen LogP contribution in [0.4, 0.5) is 0 Å². The lowest BCUT2D eigenvalue weighted by Gasteiger charge is -2.26. The molecule has 0 bridgehead atoms. The van der Waals surface area contributed by atoms with Crippen molar-refractivity contribution in [1.82, 2.24) is 4.90 Å². The van der Waals surface area contributed by atoms with Crippen molar-refractivity contribution < 1.29 is 9.53 Å². The number of piperidine rings is 1. The Bertz CT molecular complexity index is 399. The molecule has 0 spiro atoms. The van der Waals surface area contributed by atoms with Crippen molar-refractivity contribution in [2.75, 3.05) is 31.6 Å². The van der Waals surface area contributed by atoms with Crippen molar-refractivity contribution in [1.29, 1.82) is 0 Å². The number of nitrogens with zero attached hydrogens (tertiary/aromatic N) is 1. The Morgan fingerprint density at radius 1 is 1.16 bits per heavy atom. The first-order valence-corrected chi connectivity index (χ1v) is 7.96. The van der Waals surface area contributed by atoms with Gasteiger partial charge in [0.15, 0.2) is 5.78 Å². The highest BCUT2D eigenvalue weighted by Crippen LogP contribution is 2.14. The van der Waals surface area contributed by atoms with Gasteiger partial charge in [-0.15, -0.1) is 0 Å². The van der Waals surface area contributed by atoms with Crippen LogP contribution in [-0.2, 0) is 0 Å². The first-order valence-electron chi connectivity index (χ1n) is 6.84. The van der Waals surface area contributed by atoms with Gasteiger partial charge in [0.05, 0.1) is 5.33 Å². The fourth-order valence-electron chi connectivity index (χ4n) is 2.29. The van der Waals surface area contributed by atoms with Crippen molar-refractivity contribution in [2.24, 2.45) is 0 Å². The summed E-state index contributed by atoms with van der Waals surface area (Å²) in [5.74, 6) is 0.933. The second-order valence-corrected chi connectivity index (χ2v) is 5.39. The maximum Gasteiger partial charge on any atom is 0.173 e. The number of rotatable bonds is 6. The smallest absolute Gasteiger partial charge is 0.173 e. The van der Waals surface area contributed by atoms with E-state index >= 15 is 0 Å². The number of hydrogen-bond acceptors (Lipinski definition) is 3. The van der Waals surface area contributed by atoms with Crippen LogP contribution in [0.15, 0.2) is 24.3 Å². The maximum atomic E-state index is 11.5. The van der Waals surface area contributed by atoms with E-state index in [-0.39, 0.29) is 5.78 Å². The number of benzene rings is 1. The Hall–Kier alpha value is -0.870. The normalized spacial score (nSPS) is 16.3. The first-order chi connectivity index (χ1) is 9.29. The summed E-state index contributed by atoms with van der Waals surface area (Å²) < 4.78 is 5.71. The van der Waals surface area contributed by atoms with Crippen LogP contribution in [0, 0.1) is 0 Å². The van der Waals surface area contributed by atoms with Crippen LogP contribution in [-0.4, -0.2) is 42.3 Å². The average Bonchev–Trinajstić information content (AvgIpc) is 2.48. The lowest BCUT2D eigenvalue weighted by atomic mass is 10.1. The Kier molecular flexibility index (Phi) is 5.86. The lowest BCUT2D eigenvalue weighted by molar-refractivity contribution is 0.102. The number of carbonyl (C=O) groups excluding carboxylic acids is 1. The zero-order valence-electron chi connectivity index (χ0n) is 11.1. The highest BCUT2D eigenvalue weighted by molar-refractivity contribution is 9.09. The van der Waals surface area contributed by atoms with Crippen LogP contribution in [0.25, 0.3) is 0 Å². The van der Waals surface area contributed by atoms with Crippen molar-refractivity contribution in [3.8, 4) is 5.75 Å². The van der Waals surface area contributed by atoms with E-state index < -0.39 is 0 Å². The van der Waals surface area contributed by atoms with E-state index in [1.165, 1.54) is 32.4 Å². The number of alkyl halides is 1. The van der Waals surface area contributed by atoms with E-state index in [0.717, 1.165) is 17.9 Å². The topological polar surface area (TPSA) is 29.5 Å². The molecule has 0 atom stereocenters. The van der Waals surface area contributed by atoms with Crippen molar-refractivity contribution in [2.45, 2.75) is 19.3 Å². The first kappa shape index (κ1) is 14.5. The molecular formula is C15H20BrNO2. The van der Waals surface area contributed by atoms with E-state index in [1.807, 2.05) is 24.3 Å². The molecule has 0 aromatic heterocycles. The Morgan fingerprint density at radius 2 is 1.84 bits per heavy atom. The number of ketones is 1. The lowest BCUT2D eigenvalue weighted by Crippen LogP contribution is -2.33. The van der Waals surface area contributed by atoms with Crippen LogP contribution >= 0.6 is 15.9 Å². The van der Waals surface area contributed by atoms with E-state index in [1.54, 1.807) is 0 Å². The van der Waals surface area contributed by atoms with E-state index in [4.69, 9.17) is 4.74 Å². The van der Waals surface area contributed by atoms with E-state index in [0.29, 0.717) is 11.9 Å². The summed E-state index contributed by atoms with van der Waals surface area (Å²) in [5.41, 5.74) is 0.722. The molecule has 3 nitrogen and oxygen atoms in total. The highest BCUT2D eigenvalue weighted by Gasteiger charge is 2.09. The van der Waals surface area contributed by atoms with Gasteiger partial charge in [0.25, 0.3) is 0 Å². The molecule has 1 aliphatic heterocycles. The fourth-order valence-corrected chi connectivity index (χ4v) is 2.61. The Morgan fingerprint density at radius 3 is 2.47 bits per heavy atom. The summed E-state index contributed by atoms with van der Waals surface area (Å²) in [6, 6.07) is 7.37. The molecule has 0 amide bonds. The molecule has 104 valence electrons. The predicted octanol–water partition coefficient (Wildman–Crippen LogP) is 3.13. The van der Waals surface area contributed by atoms with Gasteiger partial charge in [0.2, 0.25) is 0 Å². The molecule has 1 aromatic rings. The van der Waals surface area contributed by atoms with Gasteiger partial charge in [-0.2, -0.15) is 0 Å². The summed E-state index contributed by atoms with van der Waals surface area (Å²) in [7, 11) is 0. The third-order valence-corrected chi connectivity index (χ3v) is 3.93. The number of likely N-dealkylation sites (tertiary alicyclic amines) is 1. The fraction of sp³-hybridized carbons (Fsp3) is 0.533. The predicted molar refractivity (Wildman–Crippen MR) is 80.4 cm³/mol. The number of halogens is 1. The van der Waals surface area contributed by atoms with Gasteiger partial charge < -0.3 is 4.74 Å². The highest BCUT2D eigenvalue weighted by atomic mass is 79.9. The molecule has 0 saturated carbocycles. The third-order valence-electron chi connectivity index (χ3n) is 3.42. The Balaban J connectivity index is 1.75. The summed E-state index contributed by atoms with van der Waals surface area (Å²) in [5, 5.41) is 0.363. The average molecular weight is 326 g/mol. The molecule has 1 aliphatic rings. The van der Waals surface area contributed by atoms with Crippen molar-refractivity contribution in [3.05, 3.63) is 29.8 Å². The summed E-state index contributed by atoms with van der Waals surface area (Å²) in [6.07, 6.45) is 3.98. The second-order valence-electron chi connectivity index (χ2n) is 4.83. The van der Waals surface area contributed by atoms with Crippen molar-refractivity contribution in [3.63, 3.8) is 0 Å². The van der Waals surface area contributed by atoms with Crippen LogP contribution in [0.3, 0.4) is 0 Å². The van der Waals surface area contributed by atoms with Crippen LogP contribution in [0.1, 0.15) is 29.6 Å². The second kappa shape index (κ2) is 7.65. The zero-order valence-corrected chi connectivity index (χ0v) is 12.7. The standard InChI is InChI=1S/C15H20BrNO2/c16-12-15(18)13-4-6-14(7-5-13)19-11-10-17-8-2-1-3-9-17/h4-7H,1-3,8-12H2. The van der Waals surface area contributed by atoms with Crippen LogP contribution < -0.4 is 4.74 Å². The Labute approximate surface area is 123 Å². The van der Waals surface area contributed by atoms with Gasteiger partial charge in [0, 0.05) is 12.1 Å². The molecule has 1 fully saturated rings. The zero-order chi connectivity index (χ0) is 13.5. The van der Waals surface area contributed by atoms with Crippen LogP contribution in [0.5, 0.6) is 5.75 Å². The summed E-state index contributed by atoms with van der Waals surface area (Å²) in [4.78, 5) is 13.9. The molecule has 0 N–H and O–H groups in total. The SMILES string of the molecule is O=C(CBr)c1ccc(OCCN2CCCCC2)cc1. The molecule has 0 radical (unpaired) electrons. The molecule has 4 heteroatoms. The number of ether oxygens (including phenoxy) is 1. The van der Waals surface area contributed by atoms with Gasteiger partial charge in [-0.05, 0) is 50.2 Å². The molecular weight excluding hydrogens is 306 g/mol. The molecule has 2 rings (SSSR count). The number of Topliss-reactive ketones (excluding diaryl/α,β-unsaturated/α-hetero) is 1. The summed E-state index contributed by atoms with van der Waals surface area (Å²) >= 11 is 3.17. The van der Waals surface area contributed by atoms with Gasteiger partial charge in [-0.3, -0.25) is 9.69 Å².